The minimum absolute atomic E-state index is 0.264. The van der Waals surface area contributed by atoms with Crippen LogP contribution in [0.2, 0.25) is 0 Å². The molecule has 1 unspecified atom stereocenters. The van der Waals surface area contributed by atoms with Gasteiger partial charge in [-0.15, -0.1) is 0 Å². The fourth-order valence-electron chi connectivity index (χ4n) is 1.52. The van der Waals surface area contributed by atoms with Crippen molar-refractivity contribution >= 4 is 15.9 Å². The summed E-state index contributed by atoms with van der Waals surface area (Å²) in [6.45, 7) is 0.264. The second kappa shape index (κ2) is 5.93. The van der Waals surface area contributed by atoms with E-state index in [1.807, 2.05) is 18.2 Å². The van der Waals surface area contributed by atoms with Gasteiger partial charge in [0.15, 0.2) is 6.10 Å². The highest BCUT2D eigenvalue weighted by Crippen LogP contribution is 2.29. The van der Waals surface area contributed by atoms with Crippen molar-refractivity contribution in [2.75, 3.05) is 6.54 Å². The predicted octanol–water partition coefficient (Wildman–Crippen LogP) is 3.06. The lowest BCUT2D eigenvalue weighted by atomic mass is 10.2. The van der Waals surface area contributed by atoms with E-state index >= 15 is 0 Å². The van der Waals surface area contributed by atoms with Crippen molar-refractivity contribution in [1.82, 2.24) is 4.98 Å². The van der Waals surface area contributed by atoms with Gasteiger partial charge in [-0.25, -0.2) is 4.39 Å². The predicted molar refractivity (Wildman–Crippen MR) is 70.8 cm³/mol. The van der Waals surface area contributed by atoms with Crippen LogP contribution in [0, 0.1) is 5.82 Å². The van der Waals surface area contributed by atoms with E-state index in [-0.39, 0.29) is 12.4 Å². The van der Waals surface area contributed by atoms with Crippen LogP contribution in [-0.2, 0) is 0 Å². The fraction of sp³-hybridized carbons (Fsp3) is 0.154. The normalized spacial score (nSPS) is 12.2. The summed E-state index contributed by atoms with van der Waals surface area (Å²) in [6, 6.07) is 9.76. The molecule has 0 fully saturated rings. The van der Waals surface area contributed by atoms with Crippen LogP contribution in [0.5, 0.6) is 5.75 Å². The molecule has 0 aliphatic rings. The summed E-state index contributed by atoms with van der Waals surface area (Å²) < 4.78 is 19.5. The molecule has 0 spiro atoms. The highest BCUT2D eigenvalue weighted by Gasteiger charge is 2.14. The maximum atomic E-state index is 13.2. The van der Waals surface area contributed by atoms with Gasteiger partial charge in [0.1, 0.15) is 11.6 Å². The number of hydrogen-bond donors (Lipinski definition) is 1. The summed E-state index contributed by atoms with van der Waals surface area (Å²) in [5.74, 6) is 0.0566. The van der Waals surface area contributed by atoms with Crippen LogP contribution in [0.4, 0.5) is 4.39 Å². The number of rotatable bonds is 4. The minimum atomic E-state index is -0.399. The van der Waals surface area contributed by atoms with Crippen molar-refractivity contribution < 1.29 is 9.13 Å². The molecule has 94 valence electrons. The number of halogens is 2. The summed E-state index contributed by atoms with van der Waals surface area (Å²) in [7, 11) is 0. The van der Waals surface area contributed by atoms with Crippen LogP contribution in [0.15, 0.2) is 47.1 Å². The Morgan fingerprint density at radius 3 is 2.83 bits per heavy atom. The molecule has 0 aliphatic carbocycles. The number of nitrogens with two attached hydrogens (primary N) is 1. The Hall–Kier alpha value is -1.46. The molecule has 0 amide bonds. The monoisotopic (exact) mass is 310 g/mol. The van der Waals surface area contributed by atoms with E-state index in [1.165, 1.54) is 12.1 Å². The second-order valence-corrected chi connectivity index (χ2v) is 4.53. The maximum absolute atomic E-state index is 13.2. The molecule has 0 radical (unpaired) electrons. The third-order valence-electron chi connectivity index (χ3n) is 2.39. The van der Waals surface area contributed by atoms with Gasteiger partial charge in [0, 0.05) is 18.8 Å². The highest BCUT2D eigenvalue weighted by atomic mass is 79.9. The van der Waals surface area contributed by atoms with Crippen molar-refractivity contribution in [2.45, 2.75) is 6.10 Å². The fourth-order valence-corrected chi connectivity index (χ4v) is 1.86. The van der Waals surface area contributed by atoms with Crippen molar-refractivity contribution in [3.63, 3.8) is 0 Å². The van der Waals surface area contributed by atoms with Crippen molar-refractivity contribution in [3.05, 3.63) is 58.6 Å². The third kappa shape index (κ3) is 3.05. The van der Waals surface area contributed by atoms with E-state index in [9.17, 15) is 4.39 Å². The Balaban J connectivity index is 2.23. The largest absolute Gasteiger partial charge is 0.481 e. The molecule has 0 saturated carbocycles. The molecule has 3 nitrogen and oxygen atoms in total. The molecule has 2 aromatic rings. The quantitative estimate of drug-likeness (QED) is 0.944. The average molecular weight is 311 g/mol. The first-order valence-electron chi connectivity index (χ1n) is 5.43. The summed E-state index contributed by atoms with van der Waals surface area (Å²) in [5.41, 5.74) is 6.39. The number of nitrogens with zero attached hydrogens (tertiary/aromatic N) is 1. The Morgan fingerprint density at radius 1 is 1.33 bits per heavy atom. The second-order valence-electron chi connectivity index (χ2n) is 3.67. The van der Waals surface area contributed by atoms with Gasteiger partial charge < -0.3 is 10.5 Å². The summed E-state index contributed by atoms with van der Waals surface area (Å²) in [5, 5.41) is 0. The molecule has 2 N–H and O–H groups in total. The lowest BCUT2D eigenvalue weighted by molar-refractivity contribution is 0.207. The Bertz CT molecular complexity index is 522. The molecule has 0 bridgehead atoms. The smallest absolute Gasteiger partial charge is 0.153 e. The molecule has 0 saturated heterocycles. The van der Waals surface area contributed by atoms with Crippen LogP contribution < -0.4 is 10.5 Å². The number of hydrogen-bond acceptors (Lipinski definition) is 3. The number of benzene rings is 1. The molecule has 2 rings (SSSR count). The Kier molecular flexibility index (Phi) is 4.28. The standard InChI is InChI=1S/C13H12BrFN2O/c14-10-5-4-9(15)7-12(10)18-13(8-16)11-3-1-2-6-17-11/h1-7,13H,8,16H2. The Labute approximate surface area is 113 Å². The van der Waals surface area contributed by atoms with E-state index in [2.05, 4.69) is 20.9 Å². The zero-order chi connectivity index (χ0) is 13.0. The average Bonchev–Trinajstić information content (AvgIpc) is 2.41. The van der Waals surface area contributed by atoms with E-state index in [1.54, 1.807) is 12.3 Å². The molecule has 1 aromatic heterocycles. The molecular formula is C13H12BrFN2O. The van der Waals surface area contributed by atoms with Crippen LogP contribution in [0.25, 0.3) is 0 Å². The Morgan fingerprint density at radius 2 is 2.17 bits per heavy atom. The van der Waals surface area contributed by atoms with Crippen LogP contribution in [0.1, 0.15) is 11.8 Å². The van der Waals surface area contributed by atoms with E-state index in [0.717, 1.165) is 5.69 Å². The number of ether oxygens (including phenoxy) is 1. The zero-order valence-corrected chi connectivity index (χ0v) is 11.1. The summed E-state index contributed by atoms with van der Waals surface area (Å²) >= 11 is 3.31. The topological polar surface area (TPSA) is 48.1 Å². The number of aromatic nitrogens is 1. The first kappa shape index (κ1) is 13.0. The van der Waals surface area contributed by atoms with Gasteiger partial charge in [-0.2, -0.15) is 0 Å². The minimum Gasteiger partial charge on any atom is -0.481 e. The SMILES string of the molecule is NCC(Oc1cc(F)ccc1Br)c1ccccn1. The van der Waals surface area contributed by atoms with Gasteiger partial charge in [-0.05, 0) is 40.2 Å². The molecule has 1 atom stereocenters. The number of pyridine rings is 1. The molecule has 5 heteroatoms. The van der Waals surface area contributed by atoms with Crippen LogP contribution >= 0.6 is 15.9 Å². The molecular weight excluding hydrogens is 299 g/mol. The van der Waals surface area contributed by atoms with Gasteiger partial charge in [-0.1, -0.05) is 6.07 Å². The molecule has 0 aliphatic heterocycles. The first-order chi connectivity index (χ1) is 8.70. The van der Waals surface area contributed by atoms with Crippen molar-refractivity contribution in [1.29, 1.82) is 0 Å². The van der Waals surface area contributed by atoms with Gasteiger partial charge >= 0.3 is 0 Å². The first-order valence-corrected chi connectivity index (χ1v) is 6.22. The van der Waals surface area contributed by atoms with E-state index in [4.69, 9.17) is 10.5 Å². The van der Waals surface area contributed by atoms with E-state index in [0.29, 0.717) is 10.2 Å². The molecule has 18 heavy (non-hydrogen) atoms. The zero-order valence-electron chi connectivity index (χ0n) is 9.51. The van der Waals surface area contributed by atoms with Gasteiger partial charge in [-0.3, -0.25) is 4.98 Å². The van der Waals surface area contributed by atoms with Crippen LogP contribution in [0.3, 0.4) is 0 Å². The molecule has 1 aromatic carbocycles. The lowest BCUT2D eigenvalue weighted by Crippen LogP contribution is -2.19. The van der Waals surface area contributed by atoms with E-state index < -0.39 is 6.10 Å². The van der Waals surface area contributed by atoms with Gasteiger partial charge in [0.2, 0.25) is 0 Å². The third-order valence-corrected chi connectivity index (χ3v) is 3.05. The van der Waals surface area contributed by atoms with Crippen molar-refractivity contribution in [2.24, 2.45) is 5.73 Å². The van der Waals surface area contributed by atoms with Crippen LogP contribution in [-0.4, -0.2) is 11.5 Å². The summed E-state index contributed by atoms with van der Waals surface area (Å²) in [4.78, 5) is 4.18. The highest BCUT2D eigenvalue weighted by molar-refractivity contribution is 9.10. The lowest BCUT2D eigenvalue weighted by Gasteiger charge is -2.17. The van der Waals surface area contributed by atoms with Gasteiger partial charge in [0.05, 0.1) is 10.2 Å². The summed E-state index contributed by atoms with van der Waals surface area (Å²) in [6.07, 6.45) is 1.27. The maximum Gasteiger partial charge on any atom is 0.153 e. The van der Waals surface area contributed by atoms with Crippen molar-refractivity contribution in [3.8, 4) is 5.75 Å². The molecule has 1 heterocycles. The van der Waals surface area contributed by atoms with Gasteiger partial charge in [0.25, 0.3) is 0 Å².